The number of hydrogen-bond acceptors (Lipinski definition) is 7. The molecule has 4 aromatic carbocycles. The molecular weight excluding hydrogens is 925 g/mol. The third-order valence-corrected chi connectivity index (χ3v) is 10.6. The van der Waals surface area contributed by atoms with Gasteiger partial charge in [-0.2, -0.15) is 26.3 Å². The highest BCUT2D eigenvalue weighted by molar-refractivity contribution is 6.31. The van der Waals surface area contributed by atoms with Gasteiger partial charge < -0.3 is 28.5 Å². The fourth-order valence-corrected chi connectivity index (χ4v) is 7.58. The Balaban J connectivity index is 0.000000199. The molecule has 0 saturated carbocycles. The van der Waals surface area contributed by atoms with Crippen LogP contribution in [0.4, 0.5) is 26.3 Å². The molecule has 18 heteroatoms. The van der Waals surface area contributed by atoms with Crippen molar-refractivity contribution in [2.75, 3.05) is 20.3 Å². The minimum Gasteiger partial charge on any atom is -0.484 e. The Bertz CT molecular complexity index is 3060. The predicted octanol–water partition coefficient (Wildman–Crippen LogP) is 12.0. The number of aromatic carboxylic acids is 1. The molecule has 1 N–H and O–H groups in total. The summed E-state index contributed by atoms with van der Waals surface area (Å²) >= 11 is 11.9. The van der Waals surface area contributed by atoms with Crippen LogP contribution >= 0.6 is 23.2 Å². The Morgan fingerprint density at radius 1 is 0.597 bits per heavy atom. The van der Waals surface area contributed by atoms with Crippen molar-refractivity contribution >= 4 is 56.9 Å². The highest BCUT2D eigenvalue weighted by Gasteiger charge is 2.29. The molecule has 4 heterocycles. The van der Waals surface area contributed by atoms with Gasteiger partial charge in [0.05, 0.1) is 39.7 Å². The molecule has 67 heavy (non-hydrogen) atoms. The fourth-order valence-electron chi connectivity index (χ4n) is 7.26. The molecule has 0 amide bonds. The summed E-state index contributed by atoms with van der Waals surface area (Å²) in [4.78, 5) is 32.1. The molecule has 0 aliphatic rings. The van der Waals surface area contributed by atoms with Crippen molar-refractivity contribution in [2.45, 2.75) is 38.3 Å². The fraction of sp³-hybridized carbons (Fsp3) is 0.184. The van der Waals surface area contributed by atoms with Crippen molar-refractivity contribution in [3.05, 3.63) is 189 Å². The molecule has 8 rings (SSSR count). The van der Waals surface area contributed by atoms with E-state index < -0.39 is 37.5 Å². The molecule has 0 aliphatic heterocycles. The summed E-state index contributed by atoms with van der Waals surface area (Å²) < 4.78 is 93.0. The zero-order chi connectivity index (χ0) is 47.9. The quantitative estimate of drug-likeness (QED) is 0.0846. The number of pyridine rings is 2. The number of esters is 1. The van der Waals surface area contributed by atoms with Gasteiger partial charge in [-0.15, -0.1) is 0 Å². The molecule has 0 atom stereocenters. The van der Waals surface area contributed by atoms with Gasteiger partial charge in [-0.05, 0) is 106 Å². The Kier molecular flexibility index (Phi) is 14.8. The van der Waals surface area contributed by atoms with Crippen molar-refractivity contribution in [1.29, 1.82) is 0 Å². The van der Waals surface area contributed by atoms with Gasteiger partial charge in [0.15, 0.2) is 13.2 Å². The number of carbonyl (C=O) groups is 2. The second-order valence-electron chi connectivity index (χ2n) is 15.2. The van der Waals surface area contributed by atoms with E-state index in [-0.39, 0.29) is 22.1 Å². The van der Waals surface area contributed by atoms with Crippen LogP contribution in [0.15, 0.2) is 134 Å². The van der Waals surface area contributed by atoms with E-state index in [1.807, 2.05) is 82.2 Å². The third kappa shape index (κ3) is 13.1. The first-order valence-corrected chi connectivity index (χ1v) is 21.0. The van der Waals surface area contributed by atoms with Crippen LogP contribution in [0.2, 0.25) is 10.0 Å². The average Bonchev–Trinajstić information content (AvgIpc) is 3.88. The Morgan fingerprint density at radius 2 is 1.04 bits per heavy atom. The van der Waals surface area contributed by atoms with Gasteiger partial charge in [0.25, 0.3) is 0 Å². The third-order valence-electron chi connectivity index (χ3n) is 10.2. The lowest BCUT2D eigenvalue weighted by molar-refractivity contribution is -0.154. The summed E-state index contributed by atoms with van der Waals surface area (Å²) in [6.45, 7) is -1.74. The van der Waals surface area contributed by atoms with Crippen molar-refractivity contribution < 1.29 is 55.2 Å². The van der Waals surface area contributed by atoms with E-state index in [0.717, 1.165) is 44.1 Å². The zero-order valence-corrected chi connectivity index (χ0v) is 36.8. The topological polar surface area (TPSA) is 118 Å². The van der Waals surface area contributed by atoms with Crippen LogP contribution in [0.1, 0.15) is 54.4 Å². The van der Waals surface area contributed by atoms with Crippen LogP contribution in [0.25, 0.3) is 21.8 Å². The maximum atomic E-state index is 12.4. The van der Waals surface area contributed by atoms with Crippen LogP contribution in [0.3, 0.4) is 0 Å². The summed E-state index contributed by atoms with van der Waals surface area (Å²) in [7, 11) is 1.31. The number of ether oxygens (including phenoxy) is 3. The molecule has 0 saturated heterocycles. The number of fused-ring (bicyclic) bond motifs is 2. The lowest BCUT2D eigenvalue weighted by Crippen LogP contribution is -2.19. The minimum atomic E-state index is -4.39. The van der Waals surface area contributed by atoms with Crippen molar-refractivity contribution in [2.24, 2.45) is 0 Å². The highest BCUT2D eigenvalue weighted by atomic mass is 35.5. The van der Waals surface area contributed by atoms with Crippen LogP contribution in [-0.4, -0.2) is 68.8 Å². The van der Waals surface area contributed by atoms with Crippen molar-refractivity contribution in [3.8, 4) is 11.5 Å². The average molecular weight is 964 g/mol. The Morgan fingerprint density at radius 3 is 1.48 bits per heavy atom. The SMILES string of the molecule is COC(=O)c1cc(Cl)cnc1Cc1ccc2c(ccn2Cc2cccc(OCC(F)(F)F)c2)c1.O=C(O)c1cc(Cl)cnc1Cc1ccc2c(ccn2Cc2cccc(OCC(F)(F)F)c2)c1. The molecule has 346 valence electrons. The van der Waals surface area contributed by atoms with Crippen molar-refractivity contribution in [3.63, 3.8) is 0 Å². The molecule has 4 aromatic heterocycles. The molecule has 0 aliphatic carbocycles. The van der Waals surface area contributed by atoms with E-state index in [2.05, 4.69) is 9.97 Å². The Labute approximate surface area is 388 Å². The molecule has 0 spiro atoms. The number of carboxylic acids is 1. The number of carbonyl (C=O) groups excluding carboxylic acids is 1. The second-order valence-corrected chi connectivity index (χ2v) is 16.1. The zero-order valence-electron chi connectivity index (χ0n) is 35.2. The minimum absolute atomic E-state index is 0.0628. The first kappa shape index (κ1) is 47.9. The lowest BCUT2D eigenvalue weighted by Gasteiger charge is -2.11. The van der Waals surface area contributed by atoms with E-state index in [1.54, 1.807) is 24.3 Å². The van der Waals surface area contributed by atoms with E-state index in [4.69, 9.17) is 37.4 Å². The van der Waals surface area contributed by atoms with E-state index in [0.29, 0.717) is 47.9 Å². The van der Waals surface area contributed by atoms with Gasteiger partial charge in [-0.1, -0.05) is 59.6 Å². The number of carboxylic acid groups (broad SMARTS) is 1. The first-order chi connectivity index (χ1) is 31.9. The number of methoxy groups -OCH3 is 1. The maximum absolute atomic E-state index is 12.4. The van der Waals surface area contributed by atoms with Crippen LogP contribution < -0.4 is 9.47 Å². The monoisotopic (exact) mass is 962 g/mol. The van der Waals surface area contributed by atoms with E-state index in [9.17, 15) is 41.0 Å². The lowest BCUT2D eigenvalue weighted by atomic mass is 10.0. The largest absolute Gasteiger partial charge is 0.484 e. The summed E-state index contributed by atoms with van der Waals surface area (Å²) in [6.07, 6.45) is -1.31. The van der Waals surface area contributed by atoms with Crippen molar-refractivity contribution in [1.82, 2.24) is 19.1 Å². The van der Waals surface area contributed by atoms with Gasteiger partial charge in [0.1, 0.15) is 11.5 Å². The van der Waals surface area contributed by atoms with E-state index in [1.165, 1.54) is 43.8 Å². The summed E-state index contributed by atoms with van der Waals surface area (Å²) in [6, 6.07) is 31.7. The number of aromatic nitrogens is 4. The van der Waals surface area contributed by atoms with Gasteiger partial charge in [0, 0.05) is 61.8 Å². The first-order valence-electron chi connectivity index (χ1n) is 20.2. The number of rotatable bonds is 14. The maximum Gasteiger partial charge on any atom is 0.422 e. The molecule has 8 aromatic rings. The van der Waals surface area contributed by atoms with E-state index >= 15 is 0 Å². The molecular formula is C49H38Cl2F6N4O6. The molecule has 0 bridgehead atoms. The second kappa shape index (κ2) is 20.6. The van der Waals surface area contributed by atoms with Gasteiger partial charge in [-0.3, -0.25) is 9.97 Å². The molecule has 0 radical (unpaired) electrons. The predicted molar refractivity (Wildman–Crippen MR) is 240 cm³/mol. The van der Waals surface area contributed by atoms with Crippen LogP contribution in [0.5, 0.6) is 11.5 Å². The summed E-state index contributed by atoms with van der Waals surface area (Å²) in [5, 5.41) is 12.0. The number of benzene rings is 4. The van der Waals surface area contributed by atoms with Gasteiger partial charge in [-0.25, -0.2) is 9.59 Å². The number of nitrogens with zero attached hydrogens (tertiary/aromatic N) is 4. The number of halogens is 8. The molecule has 0 fully saturated rings. The number of alkyl halides is 6. The van der Waals surface area contributed by atoms with Crippen LogP contribution in [-0.2, 0) is 30.7 Å². The van der Waals surface area contributed by atoms with Gasteiger partial charge in [0.2, 0.25) is 0 Å². The van der Waals surface area contributed by atoms with Gasteiger partial charge >= 0.3 is 24.3 Å². The summed E-state index contributed by atoms with van der Waals surface area (Å²) in [5.74, 6) is -1.26. The molecule has 10 nitrogen and oxygen atoms in total. The summed E-state index contributed by atoms with van der Waals surface area (Å²) in [5.41, 5.74) is 6.71. The smallest absolute Gasteiger partial charge is 0.422 e. The normalized spacial score (nSPS) is 11.6. The Hall–Kier alpha value is -7.04. The highest BCUT2D eigenvalue weighted by Crippen LogP contribution is 2.27. The standard InChI is InChI=1S/C25H20ClF3N2O3.C24H18ClF3N2O3/c1-33-24(32)21-12-19(26)13-30-22(21)11-16-5-6-23-18(9-16)7-8-31(23)14-17-3-2-4-20(10-17)34-15-25(27,28)29;25-18-11-20(23(31)32)21(29-12-18)10-15-4-5-22-17(8-15)6-7-30(22)13-16-2-1-3-19(9-16)33-14-24(26,27)28/h2-10,12-13H,11,14-15H2,1H3;1-9,11-12H,10,13-14H2,(H,31,32). The number of hydrogen-bond donors (Lipinski definition) is 1. The molecule has 0 unspecified atom stereocenters. The van der Waals surface area contributed by atoms with Crippen LogP contribution in [0, 0.1) is 0 Å².